The van der Waals surface area contributed by atoms with E-state index in [1.807, 2.05) is 54.5 Å². The molecule has 3 heterocycles. The molecule has 11 heteroatoms. The van der Waals surface area contributed by atoms with Gasteiger partial charge in [-0.1, -0.05) is 35.0 Å². The van der Waals surface area contributed by atoms with E-state index < -0.39 is 6.04 Å². The third-order valence-corrected chi connectivity index (χ3v) is 7.22. The molecular formula is C32H38N8O3. The Labute approximate surface area is 251 Å². The molecule has 1 aliphatic rings. The van der Waals surface area contributed by atoms with Crippen molar-refractivity contribution in [3.05, 3.63) is 89.0 Å². The molecule has 4 aromatic rings. The van der Waals surface area contributed by atoms with Crippen molar-refractivity contribution in [1.29, 1.82) is 0 Å². The first kappa shape index (κ1) is 29.8. The molecule has 2 aromatic carbocycles. The van der Waals surface area contributed by atoms with Crippen molar-refractivity contribution in [2.24, 2.45) is 0 Å². The van der Waals surface area contributed by atoms with Crippen LogP contribution in [0.15, 0.2) is 61.1 Å². The monoisotopic (exact) mass is 582 g/mol. The maximum absolute atomic E-state index is 13.0. The predicted octanol–water partition coefficient (Wildman–Crippen LogP) is 3.46. The van der Waals surface area contributed by atoms with Gasteiger partial charge in [0, 0.05) is 68.9 Å². The molecule has 11 nitrogen and oxygen atoms in total. The summed E-state index contributed by atoms with van der Waals surface area (Å²) in [5.41, 5.74) is 5.36. The maximum Gasteiger partial charge on any atom is 0.255 e. The Morgan fingerprint density at radius 3 is 2.63 bits per heavy atom. The number of aromatic nitrogens is 5. The first-order valence-electron chi connectivity index (χ1n) is 14.7. The van der Waals surface area contributed by atoms with E-state index in [2.05, 4.69) is 54.9 Å². The first-order valence-corrected chi connectivity index (χ1v) is 14.7. The lowest BCUT2D eigenvalue weighted by atomic mass is 10.1. The molecule has 5 rings (SSSR count). The molecule has 0 fully saturated rings. The van der Waals surface area contributed by atoms with Crippen LogP contribution in [0, 0.1) is 13.8 Å². The van der Waals surface area contributed by atoms with Crippen molar-refractivity contribution in [3.8, 4) is 17.1 Å². The Bertz CT molecular complexity index is 1550. The molecule has 0 radical (unpaired) electrons. The summed E-state index contributed by atoms with van der Waals surface area (Å²) >= 11 is 0. The Kier molecular flexibility index (Phi) is 9.73. The minimum Gasteiger partial charge on any atom is -0.493 e. The van der Waals surface area contributed by atoms with Gasteiger partial charge in [-0.2, -0.15) is 0 Å². The lowest BCUT2D eigenvalue weighted by Gasteiger charge is -2.21. The van der Waals surface area contributed by atoms with Crippen LogP contribution in [0.3, 0.4) is 0 Å². The highest BCUT2D eigenvalue weighted by atomic mass is 16.5. The number of nitrogens with zero attached hydrogens (tertiary/aromatic N) is 6. The van der Waals surface area contributed by atoms with E-state index in [0.717, 1.165) is 27.9 Å². The van der Waals surface area contributed by atoms with Crippen LogP contribution in [-0.2, 0) is 24.4 Å². The first-order chi connectivity index (χ1) is 20.8. The van der Waals surface area contributed by atoms with E-state index in [0.29, 0.717) is 69.3 Å². The van der Waals surface area contributed by atoms with Gasteiger partial charge in [0.1, 0.15) is 11.8 Å². The van der Waals surface area contributed by atoms with Crippen molar-refractivity contribution in [2.75, 3.05) is 19.7 Å². The van der Waals surface area contributed by atoms with Crippen molar-refractivity contribution < 1.29 is 14.3 Å². The number of amides is 2. The highest BCUT2D eigenvalue weighted by Crippen LogP contribution is 2.21. The van der Waals surface area contributed by atoms with E-state index in [4.69, 9.17) is 4.74 Å². The van der Waals surface area contributed by atoms with E-state index >= 15 is 0 Å². The summed E-state index contributed by atoms with van der Waals surface area (Å²) in [5.74, 6) is 0.597. The van der Waals surface area contributed by atoms with Crippen LogP contribution in [0.2, 0.25) is 0 Å². The number of carbonyl (C=O) groups is 2. The van der Waals surface area contributed by atoms with Gasteiger partial charge in [0.25, 0.3) is 5.91 Å². The fourth-order valence-corrected chi connectivity index (χ4v) is 4.94. The molecule has 2 amide bonds. The number of rotatable bonds is 3. The van der Waals surface area contributed by atoms with Crippen molar-refractivity contribution in [2.45, 2.75) is 59.3 Å². The zero-order valence-electron chi connectivity index (χ0n) is 24.9. The quantitative estimate of drug-likeness (QED) is 0.376. The van der Waals surface area contributed by atoms with Crippen molar-refractivity contribution in [3.63, 3.8) is 0 Å². The maximum atomic E-state index is 13.0. The van der Waals surface area contributed by atoms with Gasteiger partial charge in [-0.05, 0) is 51.0 Å². The van der Waals surface area contributed by atoms with Gasteiger partial charge in [0.05, 0.1) is 17.9 Å². The molecule has 224 valence electrons. The third-order valence-electron chi connectivity index (χ3n) is 7.22. The lowest BCUT2D eigenvalue weighted by Crippen LogP contribution is -2.45. The standard InChI is InChI=1S/C32H38N8O3/c1-22-7-4-8-26(15-22)30-34-17-25(18-35-30)19-39-12-5-11-33-31(41)24(3)36-32(42)28-10-9-23(2)16-29(28)43-14-6-13-40-21-27(20-39)37-38-40/h4,7-10,15-18,21,24H,5-6,11-14,19-20H2,1-3H3,(H,33,41)(H,36,42)/t24-/m1/s1. The fourth-order valence-electron chi connectivity index (χ4n) is 4.94. The van der Waals surface area contributed by atoms with Crippen LogP contribution < -0.4 is 15.4 Å². The summed E-state index contributed by atoms with van der Waals surface area (Å²) in [4.78, 5) is 37.3. The SMILES string of the molecule is Cc1cccc(-c2ncc(CN3CCCNC(=O)[C@@H](C)NC(=O)c4ccc(C)cc4OCCCn4cc(nn4)C3)cn2)c1. The summed E-state index contributed by atoms with van der Waals surface area (Å²) in [5, 5.41) is 14.5. The zero-order valence-corrected chi connectivity index (χ0v) is 24.9. The number of carbonyl (C=O) groups excluding carboxylic acids is 2. The second kappa shape index (κ2) is 14.0. The molecule has 1 atom stereocenters. The second-order valence-electron chi connectivity index (χ2n) is 11.0. The highest BCUT2D eigenvalue weighted by Gasteiger charge is 2.20. The number of benzene rings is 2. The van der Waals surface area contributed by atoms with E-state index in [1.54, 1.807) is 13.0 Å². The highest BCUT2D eigenvalue weighted by molar-refractivity contribution is 5.99. The Hall–Kier alpha value is -4.64. The second-order valence-corrected chi connectivity index (χ2v) is 11.0. The molecule has 0 spiro atoms. The topological polar surface area (TPSA) is 127 Å². The van der Waals surface area contributed by atoms with Gasteiger partial charge in [-0.15, -0.1) is 5.10 Å². The molecule has 0 saturated heterocycles. The summed E-state index contributed by atoms with van der Waals surface area (Å²) in [6, 6.07) is 12.9. The predicted molar refractivity (Wildman–Crippen MR) is 162 cm³/mol. The average Bonchev–Trinajstić information content (AvgIpc) is 3.44. The number of ether oxygens (including phenoxy) is 1. The van der Waals surface area contributed by atoms with Crippen molar-refractivity contribution >= 4 is 11.8 Å². The third kappa shape index (κ3) is 8.23. The molecular weight excluding hydrogens is 544 g/mol. The lowest BCUT2D eigenvalue weighted by molar-refractivity contribution is -0.122. The smallest absolute Gasteiger partial charge is 0.255 e. The molecule has 2 bridgehead atoms. The van der Waals surface area contributed by atoms with Gasteiger partial charge >= 0.3 is 0 Å². The van der Waals surface area contributed by atoms with Gasteiger partial charge < -0.3 is 15.4 Å². The minimum absolute atomic E-state index is 0.240. The van der Waals surface area contributed by atoms with Crippen LogP contribution >= 0.6 is 0 Å². The Morgan fingerprint density at radius 2 is 1.81 bits per heavy atom. The Balaban J connectivity index is 1.29. The van der Waals surface area contributed by atoms with Gasteiger partial charge in [0.2, 0.25) is 5.91 Å². The number of hydrogen-bond donors (Lipinski definition) is 2. The van der Waals surface area contributed by atoms with E-state index in [9.17, 15) is 9.59 Å². The summed E-state index contributed by atoms with van der Waals surface area (Å²) in [6.45, 7) is 9.08. The van der Waals surface area contributed by atoms with Crippen molar-refractivity contribution in [1.82, 2.24) is 40.5 Å². The van der Waals surface area contributed by atoms with Gasteiger partial charge in [-0.3, -0.25) is 19.2 Å². The molecule has 1 aliphatic heterocycles. The number of hydrogen-bond acceptors (Lipinski definition) is 8. The van der Waals surface area contributed by atoms with E-state index in [1.165, 1.54) is 0 Å². The number of aryl methyl sites for hydroxylation is 3. The number of nitrogens with one attached hydrogen (secondary N) is 2. The summed E-state index contributed by atoms with van der Waals surface area (Å²) in [6.07, 6.45) is 7.07. The summed E-state index contributed by atoms with van der Waals surface area (Å²) < 4.78 is 7.81. The normalized spacial score (nSPS) is 17.4. The number of fused-ring (bicyclic) bond motifs is 3. The Morgan fingerprint density at radius 1 is 1.00 bits per heavy atom. The molecule has 0 aliphatic carbocycles. The minimum atomic E-state index is -0.696. The summed E-state index contributed by atoms with van der Waals surface area (Å²) in [7, 11) is 0. The van der Waals surface area contributed by atoms with Crippen LogP contribution in [0.25, 0.3) is 11.4 Å². The van der Waals surface area contributed by atoms with Crippen LogP contribution in [0.1, 0.15) is 52.5 Å². The van der Waals surface area contributed by atoms with Crippen LogP contribution in [-0.4, -0.2) is 67.4 Å². The molecule has 2 aromatic heterocycles. The van der Waals surface area contributed by atoms with Crippen LogP contribution in [0.5, 0.6) is 5.75 Å². The van der Waals surface area contributed by atoms with Gasteiger partial charge in [0.15, 0.2) is 5.82 Å². The molecule has 43 heavy (non-hydrogen) atoms. The molecule has 0 unspecified atom stereocenters. The molecule has 2 N–H and O–H groups in total. The fraction of sp³-hybridized carbons (Fsp3) is 0.375. The average molecular weight is 583 g/mol. The molecule has 0 saturated carbocycles. The largest absolute Gasteiger partial charge is 0.493 e. The van der Waals surface area contributed by atoms with E-state index in [-0.39, 0.29) is 11.8 Å². The zero-order chi connectivity index (χ0) is 30.2. The van der Waals surface area contributed by atoms with Crippen LogP contribution in [0.4, 0.5) is 0 Å². The van der Waals surface area contributed by atoms with Gasteiger partial charge in [-0.25, -0.2) is 9.97 Å².